The third kappa shape index (κ3) is 8.51. The number of carboxylic acids is 1. The lowest BCUT2D eigenvalue weighted by Crippen LogP contribution is -2.51. The van der Waals surface area contributed by atoms with E-state index in [1.165, 1.54) is 75.6 Å². The first-order chi connectivity index (χ1) is 8.56. The topological polar surface area (TPSA) is 40.1 Å². The van der Waals surface area contributed by atoms with Crippen molar-refractivity contribution in [2.24, 2.45) is 0 Å². The number of hydrogen-bond acceptors (Lipinski definition) is 2. The Hall–Kier alpha value is -0.570. The van der Waals surface area contributed by atoms with Crippen LogP contribution in [-0.4, -0.2) is 36.6 Å². The Balaban J connectivity index is 0.000000631. The minimum atomic E-state index is -1.08. The van der Waals surface area contributed by atoms with Crippen LogP contribution in [0.1, 0.15) is 65.7 Å². The minimum absolute atomic E-state index is 0.972. The number of nitrogens with zero attached hydrogens (tertiary/aromatic N) is 1. The molecule has 1 saturated heterocycles. The fraction of sp³-hybridized carbons (Fsp3) is 0.933. The number of aliphatic carboxylic acids is 1. The number of hydrogen-bond donors (Lipinski definition) is 0. The summed E-state index contributed by atoms with van der Waals surface area (Å²) in [5.74, 6) is -1.08. The maximum Gasteiger partial charge on any atom is 0.0786 e. The molecule has 1 rings (SSSR count). The molecule has 1 fully saturated rings. The summed E-state index contributed by atoms with van der Waals surface area (Å²) < 4.78 is 1.43. The zero-order valence-corrected chi connectivity index (χ0v) is 12.5. The smallest absolute Gasteiger partial charge is 0.0786 e. The lowest BCUT2D eigenvalue weighted by Gasteiger charge is -2.41. The van der Waals surface area contributed by atoms with Crippen molar-refractivity contribution >= 4 is 5.97 Å². The molecule has 0 radical (unpaired) electrons. The van der Waals surface area contributed by atoms with Gasteiger partial charge in [0.15, 0.2) is 0 Å². The number of unbranched alkanes of at least 4 members (excludes halogenated alkanes) is 3. The van der Waals surface area contributed by atoms with Crippen LogP contribution in [0.5, 0.6) is 0 Å². The van der Waals surface area contributed by atoms with Gasteiger partial charge in [0.05, 0.1) is 26.2 Å². The van der Waals surface area contributed by atoms with Crippen molar-refractivity contribution in [1.82, 2.24) is 0 Å². The summed E-state index contributed by atoms with van der Waals surface area (Å²) in [6, 6.07) is 0. The monoisotopic (exact) mass is 257 g/mol. The summed E-state index contributed by atoms with van der Waals surface area (Å²) in [6.45, 7) is 11.4. The highest BCUT2D eigenvalue weighted by atomic mass is 16.4. The van der Waals surface area contributed by atoms with Gasteiger partial charge in [-0.15, -0.1) is 0 Å². The molecule has 18 heavy (non-hydrogen) atoms. The van der Waals surface area contributed by atoms with E-state index in [0.717, 1.165) is 6.92 Å². The van der Waals surface area contributed by atoms with E-state index in [0.29, 0.717) is 0 Å². The summed E-state index contributed by atoms with van der Waals surface area (Å²) in [5, 5.41) is 8.89. The molecule has 0 atom stereocenters. The molecule has 0 unspecified atom stereocenters. The van der Waals surface area contributed by atoms with Gasteiger partial charge in [-0.2, -0.15) is 0 Å². The highest BCUT2D eigenvalue weighted by molar-refractivity contribution is 5.60. The largest absolute Gasteiger partial charge is 0.550 e. The van der Waals surface area contributed by atoms with Crippen LogP contribution in [0.25, 0.3) is 0 Å². The molecule has 0 spiro atoms. The van der Waals surface area contributed by atoms with E-state index < -0.39 is 5.97 Å². The number of piperidine rings is 1. The van der Waals surface area contributed by atoms with E-state index in [2.05, 4.69) is 13.8 Å². The molecule has 0 aliphatic carbocycles. The molecule has 0 saturated carbocycles. The van der Waals surface area contributed by atoms with Crippen molar-refractivity contribution in [2.75, 3.05) is 26.2 Å². The van der Waals surface area contributed by atoms with E-state index in [4.69, 9.17) is 9.90 Å². The molecular formula is C15H31NO2. The standard InChI is InChI=1S/C13H28N.C2H4O2/c1-3-5-6-8-11-14(4-2)12-9-7-10-13-14;1-2(3)4/h3-13H2,1-2H3;1H3,(H,3,4)/q+1;/p-1. The van der Waals surface area contributed by atoms with E-state index in [1.807, 2.05) is 0 Å². The Kier molecular flexibility index (Phi) is 10.0. The average molecular weight is 257 g/mol. The first-order valence-corrected chi connectivity index (χ1v) is 7.59. The van der Waals surface area contributed by atoms with Crippen LogP contribution >= 0.6 is 0 Å². The second-order valence-electron chi connectivity index (χ2n) is 5.44. The van der Waals surface area contributed by atoms with Gasteiger partial charge in [0.1, 0.15) is 0 Å². The first kappa shape index (κ1) is 17.4. The molecule has 1 heterocycles. The molecule has 1 aliphatic rings. The Morgan fingerprint density at radius 2 is 1.61 bits per heavy atom. The fourth-order valence-corrected chi connectivity index (χ4v) is 2.75. The molecule has 0 amide bonds. The summed E-state index contributed by atoms with van der Waals surface area (Å²) in [6.07, 6.45) is 10.1. The molecule has 0 aromatic heterocycles. The molecule has 0 N–H and O–H groups in total. The van der Waals surface area contributed by atoms with Crippen molar-refractivity contribution in [3.8, 4) is 0 Å². The number of carbonyl (C=O) groups excluding carboxylic acids is 1. The van der Waals surface area contributed by atoms with Crippen LogP contribution in [-0.2, 0) is 4.79 Å². The highest BCUT2D eigenvalue weighted by Crippen LogP contribution is 2.19. The Morgan fingerprint density at radius 1 is 1.06 bits per heavy atom. The molecule has 3 heteroatoms. The number of carbonyl (C=O) groups is 1. The van der Waals surface area contributed by atoms with Crippen molar-refractivity contribution < 1.29 is 14.4 Å². The van der Waals surface area contributed by atoms with E-state index in [9.17, 15) is 0 Å². The van der Waals surface area contributed by atoms with E-state index >= 15 is 0 Å². The molecule has 0 aromatic rings. The van der Waals surface area contributed by atoms with Gasteiger partial charge < -0.3 is 14.4 Å². The van der Waals surface area contributed by atoms with Crippen molar-refractivity contribution in [3.63, 3.8) is 0 Å². The summed E-state index contributed by atoms with van der Waals surface area (Å²) in [7, 11) is 0. The normalized spacial score (nSPS) is 17.7. The zero-order valence-electron chi connectivity index (χ0n) is 12.5. The zero-order chi connectivity index (χ0) is 13.9. The van der Waals surface area contributed by atoms with Crippen molar-refractivity contribution in [3.05, 3.63) is 0 Å². The maximum atomic E-state index is 8.89. The van der Waals surface area contributed by atoms with Crippen molar-refractivity contribution in [2.45, 2.75) is 65.7 Å². The van der Waals surface area contributed by atoms with Gasteiger partial charge >= 0.3 is 0 Å². The van der Waals surface area contributed by atoms with E-state index in [-0.39, 0.29) is 0 Å². The maximum absolute atomic E-state index is 8.89. The van der Waals surface area contributed by atoms with Crippen LogP contribution < -0.4 is 5.11 Å². The number of rotatable bonds is 6. The Labute approximate surface area is 113 Å². The predicted molar refractivity (Wildman–Crippen MR) is 74.1 cm³/mol. The van der Waals surface area contributed by atoms with Crippen LogP contribution in [0.15, 0.2) is 0 Å². The third-order valence-electron chi connectivity index (χ3n) is 3.92. The summed E-state index contributed by atoms with van der Waals surface area (Å²) in [5.41, 5.74) is 0. The number of quaternary nitrogens is 1. The summed E-state index contributed by atoms with van der Waals surface area (Å²) >= 11 is 0. The van der Waals surface area contributed by atoms with Gasteiger partial charge in [-0.1, -0.05) is 19.8 Å². The number of likely N-dealkylation sites (tertiary alicyclic amines) is 1. The molecular weight excluding hydrogens is 226 g/mol. The SMILES string of the molecule is CC(=O)[O-].CCCCCC[N+]1(CC)CCCCC1. The number of carboxylic acid groups (broad SMARTS) is 1. The van der Waals surface area contributed by atoms with Gasteiger partial charge in [-0.05, 0) is 46.0 Å². The first-order valence-electron chi connectivity index (χ1n) is 7.59. The van der Waals surface area contributed by atoms with E-state index in [1.54, 1.807) is 0 Å². The minimum Gasteiger partial charge on any atom is -0.550 e. The van der Waals surface area contributed by atoms with Crippen LogP contribution in [0, 0.1) is 0 Å². The van der Waals surface area contributed by atoms with Crippen molar-refractivity contribution in [1.29, 1.82) is 0 Å². The lowest BCUT2D eigenvalue weighted by atomic mass is 10.1. The Morgan fingerprint density at radius 3 is 2.06 bits per heavy atom. The Bertz CT molecular complexity index is 207. The molecule has 0 aromatic carbocycles. The van der Waals surface area contributed by atoms with Gasteiger partial charge in [-0.3, -0.25) is 0 Å². The summed E-state index contributed by atoms with van der Waals surface area (Å²) in [4.78, 5) is 8.89. The molecule has 3 nitrogen and oxygen atoms in total. The molecule has 108 valence electrons. The van der Waals surface area contributed by atoms with Gasteiger partial charge in [-0.25, -0.2) is 0 Å². The van der Waals surface area contributed by atoms with Gasteiger partial charge in [0, 0.05) is 5.97 Å². The van der Waals surface area contributed by atoms with Crippen LogP contribution in [0.3, 0.4) is 0 Å². The van der Waals surface area contributed by atoms with Gasteiger partial charge in [0.25, 0.3) is 0 Å². The fourth-order valence-electron chi connectivity index (χ4n) is 2.75. The van der Waals surface area contributed by atoms with Crippen LogP contribution in [0.4, 0.5) is 0 Å². The third-order valence-corrected chi connectivity index (χ3v) is 3.92. The predicted octanol–water partition coefficient (Wildman–Crippen LogP) is 2.34. The molecule has 1 aliphatic heterocycles. The highest BCUT2D eigenvalue weighted by Gasteiger charge is 2.26. The van der Waals surface area contributed by atoms with Crippen LogP contribution in [0.2, 0.25) is 0 Å². The second kappa shape index (κ2) is 10.4. The average Bonchev–Trinajstić information content (AvgIpc) is 2.35. The van der Waals surface area contributed by atoms with Gasteiger partial charge in [0.2, 0.25) is 0 Å². The lowest BCUT2D eigenvalue weighted by molar-refractivity contribution is -0.931. The molecule has 0 bridgehead atoms. The quantitative estimate of drug-likeness (QED) is 0.541. The second-order valence-corrected chi connectivity index (χ2v) is 5.44.